The van der Waals surface area contributed by atoms with Gasteiger partial charge in [-0.15, -0.1) is 0 Å². The van der Waals surface area contributed by atoms with E-state index < -0.39 is 37.0 Å². The van der Waals surface area contributed by atoms with Crippen LogP contribution in [0.1, 0.15) is 0 Å². The van der Waals surface area contributed by atoms with Crippen LogP contribution in [-0.2, 0) is 9.53 Å². The SMILES string of the molecule is O=C1O[C@@H]([C@H](O)CO)C(O)C1O. The molecule has 4 N–H and O–H groups in total. The molecule has 2 unspecified atom stereocenters. The van der Waals surface area contributed by atoms with Crippen molar-refractivity contribution >= 4 is 5.97 Å². The third-order valence-corrected chi connectivity index (χ3v) is 1.72. The molecule has 0 aromatic heterocycles. The van der Waals surface area contributed by atoms with E-state index in [1.807, 2.05) is 0 Å². The number of aliphatic hydroxyl groups excluding tert-OH is 4. The number of hydrogen-bond donors (Lipinski definition) is 4. The fourth-order valence-corrected chi connectivity index (χ4v) is 1.00. The molecule has 6 heteroatoms. The number of esters is 1. The van der Waals surface area contributed by atoms with Crippen LogP contribution in [0.4, 0.5) is 0 Å². The Labute approximate surface area is 68.0 Å². The van der Waals surface area contributed by atoms with Crippen molar-refractivity contribution in [2.45, 2.75) is 24.4 Å². The first kappa shape index (κ1) is 9.40. The zero-order chi connectivity index (χ0) is 9.30. The highest BCUT2D eigenvalue weighted by Crippen LogP contribution is 2.18. The predicted molar refractivity (Wildman–Crippen MR) is 35.0 cm³/mol. The second-order valence-corrected chi connectivity index (χ2v) is 2.59. The van der Waals surface area contributed by atoms with Gasteiger partial charge >= 0.3 is 5.97 Å². The lowest BCUT2D eigenvalue weighted by Gasteiger charge is -2.17. The quantitative estimate of drug-likeness (QED) is 0.335. The number of aliphatic hydroxyl groups is 4. The molecule has 0 aromatic carbocycles. The first-order chi connectivity index (χ1) is 5.57. The lowest BCUT2D eigenvalue weighted by Crippen LogP contribution is -2.40. The van der Waals surface area contributed by atoms with E-state index in [2.05, 4.69) is 4.74 Å². The van der Waals surface area contributed by atoms with Crippen molar-refractivity contribution in [1.29, 1.82) is 0 Å². The Morgan fingerprint density at radius 1 is 1.50 bits per heavy atom. The van der Waals surface area contributed by atoms with Crippen molar-refractivity contribution in [3.05, 3.63) is 0 Å². The summed E-state index contributed by atoms with van der Waals surface area (Å²) in [4.78, 5) is 10.6. The smallest absolute Gasteiger partial charge is 0.338 e. The molecule has 0 aromatic rings. The summed E-state index contributed by atoms with van der Waals surface area (Å²) in [5.74, 6) is -0.986. The Balaban J connectivity index is 2.64. The van der Waals surface area contributed by atoms with Crippen molar-refractivity contribution in [2.75, 3.05) is 6.61 Å². The number of ether oxygens (including phenoxy) is 1. The van der Waals surface area contributed by atoms with Crippen LogP contribution >= 0.6 is 0 Å². The highest BCUT2D eigenvalue weighted by atomic mass is 16.6. The lowest BCUT2D eigenvalue weighted by molar-refractivity contribution is -0.151. The number of hydrogen-bond acceptors (Lipinski definition) is 6. The average molecular weight is 178 g/mol. The summed E-state index contributed by atoms with van der Waals surface area (Å²) in [5, 5.41) is 35.3. The van der Waals surface area contributed by atoms with Crippen molar-refractivity contribution in [3.8, 4) is 0 Å². The number of cyclic esters (lactones) is 1. The minimum atomic E-state index is -1.63. The highest BCUT2D eigenvalue weighted by Gasteiger charge is 2.45. The van der Waals surface area contributed by atoms with E-state index in [-0.39, 0.29) is 0 Å². The summed E-state index contributed by atoms with van der Waals surface area (Å²) in [6.45, 7) is -0.637. The molecule has 1 rings (SSSR count). The van der Waals surface area contributed by atoms with Crippen molar-refractivity contribution in [3.63, 3.8) is 0 Å². The number of carbonyl (C=O) groups is 1. The van der Waals surface area contributed by atoms with Gasteiger partial charge in [0.05, 0.1) is 6.61 Å². The predicted octanol–water partition coefficient (Wildman–Crippen LogP) is -3.01. The summed E-state index contributed by atoms with van der Waals surface area (Å²) in [6, 6.07) is 0. The minimum absolute atomic E-state index is 0.637. The fraction of sp³-hybridized carbons (Fsp3) is 0.833. The second-order valence-electron chi connectivity index (χ2n) is 2.59. The van der Waals surface area contributed by atoms with Gasteiger partial charge in [0.2, 0.25) is 0 Å². The number of carbonyl (C=O) groups excluding carboxylic acids is 1. The van der Waals surface area contributed by atoms with Gasteiger partial charge in [-0.05, 0) is 0 Å². The van der Waals surface area contributed by atoms with Crippen LogP contribution < -0.4 is 0 Å². The molecule has 1 aliphatic heterocycles. The largest absolute Gasteiger partial charge is 0.455 e. The van der Waals surface area contributed by atoms with Gasteiger partial charge in [-0.3, -0.25) is 0 Å². The normalized spacial score (nSPS) is 38.0. The summed E-state index contributed by atoms with van der Waals surface area (Å²) in [6.07, 6.45) is -5.70. The molecular formula is C6H10O6. The van der Waals surface area contributed by atoms with E-state index in [1.165, 1.54) is 0 Å². The Morgan fingerprint density at radius 3 is 2.42 bits per heavy atom. The molecule has 0 radical (unpaired) electrons. The maximum atomic E-state index is 10.6. The molecule has 0 amide bonds. The van der Waals surface area contributed by atoms with Crippen LogP contribution in [0, 0.1) is 0 Å². The van der Waals surface area contributed by atoms with Crippen LogP contribution in [0.5, 0.6) is 0 Å². The summed E-state index contributed by atoms with van der Waals surface area (Å²) in [7, 11) is 0. The average Bonchev–Trinajstić information content (AvgIpc) is 2.32. The van der Waals surface area contributed by atoms with E-state index in [4.69, 9.17) is 20.4 Å². The topological polar surface area (TPSA) is 107 Å². The monoisotopic (exact) mass is 178 g/mol. The fourth-order valence-electron chi connectivity index (χ4n) is 1.00. The van der Waals surface area contributed by atoms with Gasteiger partial charge in [-0.1, -0.05) is 0 Å². The van der Waals surface area contributed by atoms with E-state index in [1.54, 1.807) is 0 Å². The molecule has 1 heterocycles. The molecule has 0 bridgehead atoms. The molecule has 12 heavy (non-hydrogen) atoms. The molecule has 0 saturated carbocycles. The lowest BCUT2D eigenvalue weighted by atomic mass is 10.1. The van der Waals surface area contributed by atoms with Gasteiger partial charge in [0.25, 0.3) is 0 Å². The molecule has 70 valence electrons. The molecule has 4 atom stereocenters. The van der Waals surface area contributed by atoms with E-state index in [9.17, 15) is 4.79 Å². The Hall–Kier alpha value is -0.690. The summed E-state index contributed by atoms with van der Waals surface area (Å²) < 4.78 is 4.39. The van der Waals surface area contributed by atoms with Crippen LogP contribution in [0.25, 0.3) is 0 Å². The van der Waals surface area contributed by atoms with Crippen molar-refractivity contribution in [1.82, 2.24) is 0 Å². The van der Waals surface area contributed by atoms with Crippen LogP contribution in [-0.4, -0.2) is 57.4 Å². The van der Waals surface area contributed by atoms with E-state index in [0.29, 0.717) is 0 Å². The van der Waals surface area contributed by atoms with Gasteiger partial charge in [0, 0.05) is 0 Å². The van der Waals surface area contributed by atoms with Crippen molar-refractivity contribution < 1.29 is 30.0 Å². The molecule has 1 aliphatic rings. The highest BCUT2D eigenvalue weighted by molar-refractivity contribution is 5.77. The minimum Gasteiger partial charge on any atom is -0.455 e. The van der Waals surface area contributed by atoms with Gasteiger partial charge in [0.15, 0.2) is 12.2 Å². The zero-order valence-corrected chi connectivity index (χ0v) is 6.12. The molecule has 0 spiro atoms. The summed E-state index contributed by atoms with van der Waals surface area (Å²) >= 11 is 0. The van der Waals surface area contributed by atoms with Gasteiger partial charge in [-0.2, -0.15) is 0 Å². The van der Waals surface area contributed by atoms with E-state index in [0.717, 1.165) is 0 Å². The third-order valence-electron chi connectivity index (χ3n) is 1.72. The maximum absolute atomic E-state index is 10.6. The molecule has 0 aliphatic carbocycles. The van der Waals surface area contributed by atoms with Gasteiger partial charge in [0.1, 0.15) is 12.2 Å². The van der Waals surface area contributed by atoms with Crippen LogP contribution in [0.2, 0.25) is 0 Å². The molecule has 1 fully saturated rings. The van der Waals surface area contributed by atoms with Crippen LogP contribution in [0.3, 0.4) is 0 Å². The summed E-state index contributed by atoms with van der Waals surface area (Å²) in [5.41, 5.74) is 0. The Morgan fingerprint density at radius 2 is 2.08 bits per heavy atom. The maximum Gasteiger partial charge on any atom is 0.338 e. The molecule has 6 nitrogen and oxygen atoms in total. The van der Waals surface area contributed by atoms with Crippen molar-refractivity contribution in [2.24, 2.45) is 0 Å². The Kier molecular flexibility index (Phi) is 2.63. The first-order valence-corrected chi connectivity index (χ1v) is 3.43. The standard InChI is InChI=1S/C6H10O6/c7-1-2(8)5-3(9)4(10)6(11)12-5/h2-5,7-10H,1H2/t2-,3?,4?,5+/m1/s1. The Bertz CT molecular complexity index is 181. The van der Waals surface area contributed by atoms with E-state index >= 15 is 0 Å². The van der Waals surface area contributed by atoms with Crippen LogP contribution in [0.15, 0.2) is 0 Å². The third kappa shape index (κ3) is 1.42. The van der Waals surface area contributed by atoms with Gasteiger partial charge in [-0.25, -0.2) is 4.79 Å². The number of rotatable bonds is 2. The zero-order valence-electron chi connectivity index (χ0n) is 6.12. The first-order valence-electron chi connectivity index (χ1n) is 3.43. The molecule has 1 saturated heterocycles. The second kappa shape index (κ2) is 3.36. The molecular weight excluding hydrogens is 168 g/mol. The van der Waals surface area contributed by atoms with Gasteiger partial charge < -0.3 is 25.2 Å².